The van der Waals surface area contributed by atoms with Crippen LogP contribution < -0.4 is 0 Å². The normalized spacial score (nSPS) is 12.8. The Hall–Kier alpha value is -0.643. The zero-order valence-electron chi connectivity index (χ0n) is 11.1. The zero-order valence-corrected chi connectivity index (χ0v) is 12.1. The summed E-state index contributed by atoms with van der Waals surface area (Å²) in [7, 11) is -1.31. The lowest BCUT2D eigenvalue weighted by Gasteiger charge is -2.35. The molecule has 96 valence electrons. The molecule has 0 aromatic heterocycles. The molecule has 1 aromatic carbocycles. The topological polar surface area (TPSA) is 40.5 Å². The van der Waals surface area contributed by atoms with Gasteiger partial charge in [-0.1, -0.05) is 50.0 Å². The van der Waals surface area contributed by atoms with Gasteiger partial charge < -0.3 is 10.2 Å². The van der Waals surface area contributed by atoms with Crippen LogP contribution in [0.3, 0.4) is 0 Å². The van der Waals surface area contributed by atoms with Gasteiger partial charge in [-0.2, -0.15) is 0 Å². The Morgan fingerprint density at radius 3 is 1.94 bits per heavy atom. The highest BCUT2D eigenvalue weighted by Gasteiger charge is 2.34. The van der Waals surface area contributed by atoms with E-state index in [9.17, 15) is 10.2 Å². The van der Waals surface area contributed by atoms with Gasteiger partial charge in [0.2, 0.25) is 0 Å². The van der Waals surface area contributed by atoms with Crippen molar-refractivity contribution in [2.45, 2.75) is 32.1 Å². The zero-order chi connectivity index (χ0) is 12.9. The van der Waals surface area contributed by atoms with E-state index in [0.717, 1.165) is 12.5 Å². The molecule has 0 atom stereocenters. The maximum absolute atomic E-state index is 9.66. The molecule has 0 aliphatic rings. The van der Waals surface area contributed by atoms with Gasteiger partial charge in [-0.3, -0.25) is 0 Å². The molecule has 2 N–H and O–H groups in total. The summed E-state index contributed by atoms with van der Waals surface area (Å²) >= 11 is 0. The van der Waals surface area contributed by atoms with E-state index in [1.165, 1.54) is 5.56 Å². The quantitative estimate of drug-likeness (QED) is 0.764. The molecule has 0 saturated carbocycles. The van der Waals surface area contributed by atoms with Crippen LogP contribution in [0.15, 0.2) is 30.3 Å². The Balaban J connectivity index is 2.85. The van der Waals surface area contributed by atoms with Gasteiger partial charge >= 0.3 is 0 Å². The van der Waals surface area contributed by atoms with E-state index in [4.69, 9.17) is 0 Å². The Morgan fingerprint density at radius 2 is 1.53 bits per heavy atom. The lowest BCUT2D eigenvalue weighted by Crippen LogP contribution is -2.40. The smallest absolute Gasteiger partial charge is 0.0509 e. The number of aliphatic hydroxyl groups is 2. The molecule has 0 heterocycles. The molecule has 0 unspecified atom stereocenters. The summed E-state index contributed by atoms with van der Waals surface area (Å²) in [5.74, 6) is 0. The highest BCUT2D eigenvalue weighted by molar-refractivity contribution is 6.76. The van der Waals surface area contributed by atoms with Crippen molar-refractivity contribution < 1.29 is 10.2 Å². The van der Waals surface area contributed by atoms with E-state index in [-0.39, 0.29) is 18.6 Å². The maximum Gasteiger partial charge on any atom is 0.0509 e. The molecule has 0 fully saturated rings. The Kier molecular flexibility index (Phi) is 4.92. The van der Waals surface area contributed by atoms with Gasteiger partial charge in [0, 0.05) is 13.5 Å². The Labute approximate surface area is 105 Å². The lowest BCUT2D eigenvalue weighted by atomic mass is 9.85. The van der Waals surface area contributed by atoms with Crippen LogP contribution in [0.5, 0.6) is 0 Å². The first-order valence-corrected chi connectivity index (χ1v) is 9.87. The van der Waals surface area contributed by atoms with Gasteiger partial charge in [0.05, 0.1) is 13.2 Å². The van der Waals surface area contributed by atoms with Crippen molar-refractivity contribution in [2.24, 2.45) is 5.41 Å². The van der Waals surface area contributed by atoms with E-state index in [1.807, 2.05) is 18.2 Å². The monoisotopic (exact) mass is 252 g/mol. The molecule has 2 nitrogen and oxygen atoms in total. The molecule has 0 aliphatic carbocycles. The van der Waals surface area contributed by atoms with E-state index < -0.39 is 8.07 Å². The van der Waals surface area contributed by atoms with Crippen molar-refractivity contribution in [3.63, 3.8) is 0 Å². The average Bonchev–Trinajstić information content (AvgIpc) is 2.27. The molecule has 0 saturated heterocycles. The van der Waals surface area contributed by atoms with E-state index in [1.54, 1.807) is 0 Å². The molecule has 1 rings (SSSR count). The third-order valence-electron chi connectivity index (χ3n) is 3.00. The molecule has 0 aliphatic heterocycles. The van der Waals surface area contributed by atoms with Crippen LogP contribution in [-0.2, 0) is 6.42 Å². The predicted molar refractivity (Wildman–Crippen MR) is 74.9 cm³/mol. The van der Waals surface area contributed by atoms with Gasteiger partial charge in [0.1, 0.15) is 0 Å². The van der Waals surface area contributed by atoms with Crippen molar-refractivity contribution in [3.8, 4) is 0 Å². The van der Waals surface area contributed by atoms with Gasteiger partial charge in [0.25, 0.3) is 0 Å². The number of rotatable bonds is 6. The van der Waals surface area contributed by atoms with Crippen molar-refractivity contribution in [1.29, 1.82) is 0 Å². The van der Waals surface area contributed by atoms with Crippen molar-refractivity contribution in [2.75, 3.05) is 13.2 Å². The third kappa shape index (κ3) is 4.62. The summed E-state index contributed by atoms with van der Waals surface area (Å²) in [4.78, 5) is 0. The number of hydrogen-bond donors (Lipinski definition) is 2. The Bertz CT molecular complexity index is 326. The summed E-state index contributed by atoms with van der Waals surface area (Å²) in [5.41, 5.74) is 0.833. The van der Waals surface area contributed by atoms with Crippen LogP contribution >= 0.6 is 0 Å². The summed E-state index contributed by atoms with van der Waals surface area (Å²) in [6, 6.07) is 11.1. The van der Waals surface area contributed by atoms with Gasteiger partial charge in [-0.05, 0) is 18.0 Å². The fourth-order valence-corrected chi connectivity index (χ4v) is 5.09. The van der Waals surface area contributed by atoms with E-state index in [0.29, 0.717) is 0 Å². The standard InChI is InChI=1S/C14H24O2Si/c1-17(2,3)12-14(10-15,11-16)9-13-7-5-4-6-8-13/h4-8,15-16H,9-12H2,1-3H3. The second-order valence-corrected chi connectivity index (χ2v) is 11.7. The molecule has 1 aromatic rings. The van der Waals surface area contributed by atoms with Gasteiger partial charge in [0.15, 0.2) is 0 Å². The van der Waals surface area contributed by atoms with Crippen LogP contribution in [-0.4, -0.2) is 31.5 Å². The fraction of sp³-hybridized carbons (Fsp3) is 0.571. The third-order valence-corrected chi connectivity index (χ3v) is 4.81. The first-order chi connectivity index (χ1) is 7.91. The summed E-state index contributed by atoms with van der Waals surface area (Å²) in [5, 5.41) is 19.3. The predicted octanol–water partition coefficient (Wildman–Crippen LogP) is 2.54. The largest absolute Gasteiger partial charge is 0.396 e. The molecule has 0 bridgehead atoms. The van der Waals surface area contributed by atoms with Crippen molar-refractivity contribution in [3.05, 3.63) is 35.9 Å². The molecule has 0 amide bonds. The van der Waals surface area contributed by atoms with Crippen LogP contribution in [0, 0.1) is 5.41 Å². The molecular formula is C14H24O2Si. The van der Waals surface area contributed by atoms with Crippen LogP contribution in [0.1, 0.15) is 5.56 Å². The minimum Gasteiger partial charge on any atom is -0.396 e. The highest BCUT2D eigenvalue weighted by Crippen LogP contribution is 2.32. The average molecular weight is 252 g/mol. The minimum atomic E-state index is -1.31. The number of benzene rings is 1. The van der Waals surface area contributed by atoms with Crippen LogP contribution in [0.4, 0.5) is 0 Å². The van der Waals surface area contributed by atoms with Crippen molar-refractivity contribution in [1.82, 2.24) is 0 Å². The summed E-state index contributed by atoms with van der Waals surface area (Å²) < 4.78 is 0. The number of hydrogen-bond acceptors (Lipinski definition) is 2. The van der Waals surface area contributed by atoms with E-state index in [2.05, 4.69) is 31.8 Å². The fourth-order valence-electron chi connectivity index (χ4n) is 2.49. The highest BCUT2D eigenvalue weighted by atomic mass is 28.3. The van der Waals surface area contributed by atoms with Gasteiger partial charge in [-0.15, -0.1) is 0 Å². The maximum atomic E-state index is 9.66. The summed E-state index contributed by atoms with van der Waals surface area (Å²) in [6.07, 6.45) is 0.755. The molecule has 0 radical (unpaired) electrons. The second-order valence-electron chi connectivity index (χ2n) is 6.22. The van der Waals surface area contributed by atoms with Gasteiger partial charge in [-0.25, -0.2) is 0 Å². The second kappa shape index (κ2) is 5.80. The molecule has 3 heteroatoms. The van der Waals surface area contributed by atoms with Crippen molar-refractivity contribution >= 4 is 8.07 Å². The first kappa shape index (κ1) is 14.4. The van der Waals surface area contributed by atoms with Crippen LogP contribution in [0.25, 0.3) is 0 Å². The summed E-state index contributed by atoms with van der Waals surface area (Å²) in [6.45, 7) is 6.94. The van der Waals surface area contributed by atoms with Crippen LogP contribution in [0.2, 0.25) is 25.7 Å². The number of aliphatic hydroxyl groups excluding tert-OH is 2. The first-order valence-electron chi connectivity index (χ1n) is 6.16. The molecule has 0 spiro atoms. The molecule has 17 heavy (non-hydrogen) atoms. The SMILES string of the molecule is C[Si](C)(C)CC(CO)(CO)Cc1ccccc1. The minimum absolute atomic E-state index is 0.0582. The Morgan fingerprint density at radius 1 is 1.00 bits per heavy atom. The molecular weight excluding hydrogens is 228 g/mol. The van der Waals surface area contributed by atoms with E-state index >= 15 is 0 Å². The lowest BCUT2D eigenvalue weighted by molar-refractivity contribution is 0.0692.